The predicted molar refractivity (Wildman–Crippen MR) is 126 cm³/mol. The number of anilines is 1. The smallest absolute Gasteiger partial charge is 0.247 e. The number of benzene rings is 3. The van der Waals surface area contributed by atoms with Crippen LogP contribution in [0.25, 0.3) is 11.4 Å². The van der Waals surface area contributed by atoms with E-state index in [-0.39, 0.29) is 18.2 Å². The fourth-order valence-corrected chi connectivity index (χ4v) is 4.45. The molecule has 2 amide bonds. The van der Waals surface area contributed by atoms with Crippen LogP contribution in [-0.4, -0.2) is 32.2 Å². The number of carbonyl (C=O) groups is 2. The molecule has 1 atom stereocenters. The van der Waals surface area contributed by atoms with Gasteiger partial charge in [-0.3, -0.25) is 14.7 Å². The number of imide groups is 1. The molecule has 0 unspecified atom stereocenters. The average Bonchev–Trinajstić information content (AvgIpc) is 3.40. The summed E-state index contributed by atoms with van der Waals surface area (Å²) in [6.45, 7) is 2.02. The van der Waals surface area contributed by atoms with Crippen LogP contribution in [0.2, 0.25) is 0 Å². The van der Waals surface area contributed by atoms with E-state index in [9.17, 15) is 9.59 Å². The molecule has 5 rings (SSSR count). The third-order valence-corrected chi connectivity index (χ3v) is 6.26. The van der Waals surface area contributed by atoms with E-state index in [1.165, 1.54) is 16.7 Å². The van der Waals surface area contributed by atoms with Gasteiger partial charge in [-0.15, -0.1) is 5.10 Å². The first-order valence-electron chi connectivity index (χ1n) is 10.4. The van der Waals surface area contributed by atoms with Gasteiger partial charge in [0.25, 0.3) is 0 Å². The van der Waals surface area contributed by atoms with Gasteiger partial charge in [-0.25, -0.2) is 9.88 Å². The molecule has 0 radical (unpaired) electrons. The Morgan fingerprint density at radius 1 is 0.939 bits per heavy atom. The van der Waals surface area contributed by atoms with Crippen molar-refractivity contribution >= 4 is 29.3 Å². The summed E-state index contributed by atoms with van der Waals surface area (Å²) >= 11 is 1.19. The van der Waals surface area contributed by atoms with E-state index in [1.807, 2.05) is 61.5 Å². The second-order valence-electron chi connectivity index (χ2n) is 7.62. The van der Waals surface area contributed by atoms with Crippen molar-refractivity contribution in [2.75, 3.05) is 4.90 Å². The molecule has 1 aliphatic heterocycles. The summed E-state index contributed by atoms with van der Waals surface area (Å²) in [7, 11) is 0. The first kappa shape index (κ1) is 21.0. The molecule has 3 aromatic carbocycles. The molecule has 1 saturated heterocycles. The second kappa shape index (κ2) is 8.91. The van der Waals surface area contributed by atoms with Crippen LogP contribution >= 0.6 is 11.8 Å². The van der Waals surface area contributed by atoms with Crippen molar-refractivity contribution in [2.45, 2.75) is 23.8 Å². The van der Waals surface area contributed by atoms with E-state index >= 15 is 0 Å². The Balaban J connectivity index is 1.27. The maximum atomic E-state index is 13.0. The van der Waals surface area contributed by atoms with Gasteiger partial charge in [0.05, 0.1) is 5.69 Å². The first-order valence-corrected chi connectivity index (χ1v) is 11.3. The van der Waals surface area contributed by atoms with Gasteiger partial charge in [0.2, 0.25) is 17.0 Å². The fraction of sp³-hybridized carbons (Fsp3) is 0.120. The number of aromatic amines is 1. The van der Waals surface area contributed by atoms with E-state index < -0.39 is 5.25 Å². The summed E-state index contributed by atoms with van der Waals surface area (Å²) in [5, 5.41) is 6.99. The van der Waals surface area contributed by atoms with Gasteiger partial charge in [-0.1, -0.05) is 59.8 Å². The summed E-state index contributed by atoms with van der Waals surface area (Å²) in [4.78, 5) is 31.3. The van der Waals surface area contributed by atoms with Crippen molar-refractivity contribution in [3.63, 3.8) is 0 Å². The van der Waals surface area contributed by atoms with Crippen LogP contribution in [0, 0.1) is 6.92 Å². The lowest BCUT2D eigenvalue weighted by atomic mass is 10.1. The molecule has 164 valence electrons. The molecule has 0 spiro atoms. The van der Waals surface area contributed by atoms with Crippen molar-refractivity contribution in [3.8, 4) is 22.9 Å². The molecule has 0 saturated carbocycles. The van der Waals surface area contributed by atoms with Gasteiger partial charge in [-0.05, 0) is 43.3 Å². The molecule has 0 aliphatic carbocycles. The molecule has 2 heterocycles. The molecule has 0 bridgehead atoms. The Bertz CT molecular complexity index is 1290. The number of aromatic nitrogens is 3. The minimum atomic E-state index is -0.570. The van der Waals surface area contributed by atoms with Gasteiger partial charge >= 0.3 is 0 Å². The van der Waals surface area contributed by atoms with E-state index in [0.717, 1.165) is 11.1 Å². The number of nitrogens with one attached hydrogen (secondary N) is 1. The van der Waals surface area contributed by atoms with Crippen LogP contribution < -0.4 is 9.64 Å². The number of aryl methyl sites for hydroxylation is 1. The summed E-state index contributed by atoms with van der Waals surface area (Å²) in [5.74, 6) is 1.44. The van der Waals surface area contributed by atoms with Crippen LogP contribution in [0.4, 0.5) is 5.69 Å². The summed E-state index contributed by atoms with van der Waals surface area (Å²) < 4.78 is 5.78. The minimum Gasteiger partial charge on any atom is -0.457 e. The molecule has 1 N–H and O–H groups in total. The predicted octanol–water partition coefficient (Wildman–Crippen LogP) is 5.00. The maximum Gasteiger partial charge on any atom is 0.247 e. The van der Waals surface area contributed by atoms with E-state index in [4.69, 9.17) is 4.74 Å². The highest BCUT2D eigenvalue weighted by molar-refractivity contribution is 8.00. The number of rotatable bonds is 6. The molecule has 8 heteroatoms. The van der Waals surface area contributed by atoms with Gasteiger partial charge < -0.3 is 4.74 Å². The number of H-pyrrole nitrogens is 1. The molecular weight excluding hydrogens is 436 g/mol. The largest absolute Gasteiger partial charge is 0.457 e. The number of nitrogens with zero attached hydrogens (tertiary/aromatic N) is 3. The third kappa shape index (κ3) is 4.51. The Hall–Kier alpha value is -3.91. The Morgan fingerprint density at radius 3 is 2.36 bits per heavy atom. The lowest BCUT2D eigenvalue weighted by molar-refractivity contribution is -0.121. The van der Waals surface area contributed by atoms with Crippen LogP contribution in [0.1, 0.15) is 12.0 Å². The standard InChI is InChI=1S/C25H20N4O3S/c1-16-7-9-17(10-8-16)23-26-25(28-27-23)33-21-15-22(30)29(24(21)31)18-11-13-20(14-12-18)32-19-5-3-2-4-6-19/h2-14,21H,15H2,1H3,(H,26,27,28)/t21-/m0/s1. The zero-order valence-electron chi connectivity index (χ0n) is 17.8. The summed E-state index contributed by atoms with van der Waals surface area (Å²) in [6.07, 6.45) is 0.0974. The van der Waals surface area contributed by atoms with Crippen LogP contribution in [-0.2, 0) is 9.59 Å². The zero-order valence-corrected chi connectivity index (χ0v) is 18.6. The Kier molecular flexibility index (Phi) is 5.66. The Morgan fingerprint density at radius 2 is 1.64 bits per heavy atom. The highest BCUT2D eigenvalue weighted by Gasteiger charge is 2.40. The van der Waals surface area contributed by atoms with Crippen LogP contribution in [0.3, 0.4) is 0 Å². The van der Waals surface area contributed by atoms with Crippen molar-refractivity contribution in [2.24, 2.45) is 0 Å². The van der Waals surface area contributed by atoms with Crippen LogP contribution in [0.15, 0.2) is 84.0 Å². The molecule has 7 nitrogen and oxygen atoms in total. The molecule has 1 fully saturated rings. The average molecular weight is 457 g/mol. The van der Waals surface area contributed by atoms with Crippen molar-refractivity contribution in [1.82, 2.24) is 15.2 Å². The number of para-hydroxylation sites is 1. The highest BCUT2D eigenvalue weighted by Crippen LogP contribution is 2.34. The van der Waals surface area contributed by atoms with Gasteiger partial charge in [0, 0.05) is 12.0 Å². The normalized spacial score (nSPS) is 15.8. The van der Waals surface area contributed by atoms with Gasteiger partial charge in [0.1, 0.15) is 16.7 Å². The summed E-state index contributed by atoms with van der Waals surface area (Å²) in [5.41, 5.74) is 2.58. The Labute approximate surface area is 194 Å². The summed E-state index contributed by atoms with van der Waals surface area (Å²) in [6, 6.07) is 24.2. The van der Waals surface area contributed by atoms with Crippen molar-refractivity contribution in [1.29, 1.82) is 0 Å². The van der Waals surface area contributed by atoms with E-state index in [0.29, 0.717) is 28.2 Å². The second-order valence-corrected chi connectivity index (χ2v) is 8.79. The lowest BCUT2D eigenvalue weighted by Gasteiger charge is -2.15. The SMILES string of the molecule is Cc1ccc(-c2nc(S[C@H]3CC(=O)N(c4ccc(Oc5ccccc5)cc4)C3=O)n[nH]2)cc1. The number of carbonyl (C=O) groups excluding carboxylic acids is 2. The number of hydrogen-bond acceptors (Lipinski definition) is 6. The number of thioether (sulfide) groups is 1. The van der Waals surface area contributed by atoms with E-state index in [1.54, 1.807) is 24.3 Å². The van der Waals surface area contributed by atoms with Crippen molar-refractivity contribution < 1.29 is 14.3 Å². The number of hydrogen-bond donors (Lipinski definition) is 1. The highest BCUT2D eigenvalue weighted by atomic mass is 32.2. The van der Waals surface area contributed by atoms with Crippen molar-refractivity contribution in [3.05, 3.63) is 84.4 Å². The van der Waals surface area contributed by atoms with E-state index in [2.05, 4.69) is 15.2 Å². The third-order valence-electron chi connectivity index (χ3n) is 5.22. The number of ether oxygens (including phenoxy) is 1. The molecular formula is C25H20N4O3S. The molecule has 4 aromatic rings. The maximum absolute atomic E-state index is 13.0. The molecule has 1 aromatic heterocycles. The fourth-order valence-electron chi connectivity index (χ4n) is 3.52. The van der Waals surface area contributed by atoms with Gasteiger partial charge in [0.15, 0.2) is 5.82 Å². The van der Waals surface area contributed by atoms with Crippen LogP contribution in [0.5, 0.6) is 11.5 Å². The van der Waals surface area contributed by atoms with Gasteiger partial charge in [-0.2, -0.15) is 0 Å². The number of amides is 2. The quantitative estimate of drug-likeness (QED) is 0.411. The minimum absolute atomic E-state index is 0.0974. The first-order chi connectivity index (χ1) is 16.1. The lowest BCUT2D eigenvalue weighted by Crippen LogP contribution is -2.31. The topological polar surface area (TPSA) is 88.2 Å². The monoisotopic (exact) mass is 456 g/mol. The zero-order chi connectivity index (χ0) is 22.8. The molecule has 33 heavy (non-hydrogen) atoms. The molecule has 1 aliphatic rings.